The van der Waals surface area contributed by atoms with Gasteiger partial charge >= 0.3 is 0 Å². The Kier molecular flexibility index (Phi) is 1.14. The first-order chi connectivity index (χ1) is 5.57. The first-order valence-electron chi connectivity index (χ1n) is 5.11. The molecular weight excluding hydrogens is 153 g/mol. The standard InChI is InChI=1S/C10H16FN/c11-9-2-7-1-8(3-9)5-10(12,4-7)6-9/h7-8H,1-6,12H2/p+1/t7-,8+,9?,10?. The van der Waals surface area contributed by atoms with Gasteiger partial charge in [-0.3, -0.25) is 0 Å². The van der Waals surface area contributed by atoms with Crippen molar-refractivity contribution in [3.8, 4) is 0 Å². The quantitative estimate of drug-likeness (QED) is 0.567. The van der Waals surface area contributed by atoms with Crippen LogP contribution in [0.25, 0.3) is 0 Å². The predicted octanol–water partition coefficient (Wildman–Crippen LogP) is 1.29. The van der Waals surface area contributed by atoms with Gasteiger partial charge in [-0.1, -0.05) is 0 Å². The molecule has 12 heavy (non-hydrogen) atoms. The fourth-order valence-electron chi connectivity index (χ4n) is 4.34. The van der Waals surface area contributed by atoms with Crippen LogP contribution < -0.4 is 5.73 Å². The molecule has 0 saturated heterocycles. The Labute approximate surface area is 72.5 Å². The monoisotopic (exact) mass is 170 g/mol. The van der Waals surface area contributed by atoms with E-state index in [1.807, 2.05) is 0 Å². The lowest BCUT2D eigenvalue weighted by Crippen LogP contribution is -2.79. The van der Waals surface area contributed by atoms with E-state index in [0.717, 1.165) is 19.3 Å². The van der Waals surface area contributed by atoms with Gasteiger partial charge in [0.25, 0.3) is 0 Å². The Morgan fingerprint density at radius 1 is 1.08 bits per heavy atom. The summed E-state index contributed by atoms with van der Waals surface area (Å²) in [6.07, 6.45) is 6.15. The Morgan fingerprint density at radius 3 is 2.08 bits per heavy atom. The van der Waals surface area contributed by atoms with E-state index in [-0.39, 0.29) is 5.54 Å². The van der Waals surface area contributed by atoms with Gasteiger partial charge in [0.05, 0.1) is 5.54 Å². The van der Waals surface area contributed by atoms with Gasteiger partial charge in [0, 0.05) is 19.3 Å². The van der Waals surface area contributed by atoms with Gasteiger partial charge < -0.3 is 5.73 Å². The SMILES string of the molecule is [NH3+]C12C[C@H]3C[C@@H](C1)CC(F)(C3)C2. The van der Waals surface area contributed by atoms with Gasteiger partial charge in [-0.2, -0.15) is 0 Å². The molecule has 0 heterocycles. The van der Waals surface area contributed by atoms with Crippen LogP contribution >= 0.6 is 0 Å². The Morgan fingerprint density at radius 2 is 1.67 bits per heavy atom. The van der Waals surface area contributed by atoms with Crippen molar-refractivity contribution in [2.24, 2.45) is 11.8 Å². The maximum absolute atomic E-state index is 14.1. The van der Waals surface area contributed by atoms with E-state index < -0.39 is 5.67 Å². The summed E-state index contributed by atoms with van der Waals surface area (Å²) < 4.78 is 14.1. The van der Waals surface area contributed by atoms with Crippen LogP contribution in [0.1, 0.15) is 38.5 Å². The van der Waals surface area contributed by atoms with Crippen molar-refractivity contribution in [1.82, 2.24) is 0 Å². The lowest BCUT2D eigenvalue weighted by molar-refractivity contribution is -0.509. The van der Waals surface area contributed by atoms with Crippen molar-refractivity contribution in [1.29, 1.82) is 0 Å². The summed E-state index contributed by atoms with van der Waals surface area (Å²) in [5.41, 5.74) is 3.57. The molecule has 0 radical (unpaired) electrons. The molecule has 0 aromatic rings. The van der Waals surface area contributed by atoms with Gasteiger partial charge in [-0.15, -0.1) is 0 Å². The lowest BCUT2D eigenvalue weighted by Gasteiger charge is -2.55. The van der Waals surface area contributed by atoms with Crippen LogP contribution in [0.5, 0.6) is 0 Å². The highest BCUT2D eigenvalue weighted by Gasteiger charge is 2.58. The molecule has 3 N–H and O–H groups in total. The normalized spacial score (nSPS) is 62.5. The summed E-state index contributed by atoms with van der Waals surface area (Å²) in [4.78, 5) is 0. The Balaban J connectivity index is 1.98. The second-order valence-electron chi connectivity index (χ2n) is 5.61. The molecule has 4 aliphatic rings. The van der Waals surface area contributed by atoms with E-state index in [9.17, 15) is 4.39 Å². The van der Waals surface area contributed by atoms with E-state index in [4.69, 9.17) is 0 Å². The summed E-state index contributed by atoms with van der Waals surface area (Å²) >= 11 is 0. The van der Waals surface area contributed by atoms with Crippen molar-refractivity contribution < 1.29 is 10.1 Å². The summed E-state index contributed by atoms with van der Waals surface area (Å²) in [6.45, 7) is 0. The summed E-state index contributed by atoms with van der Waals surface area (Å²) in [5.74, 6) is 1.35. The summed E-state index contributed by atoms with van der Waals surface area (Å²) in [6, 6.07) is 0. The van der Waals surface area contributed by atoms with Crippen LogP contribution in [0.15, 0.2) is 0 Å². The molecule has 0 aliphatic heterocycles. The van der Waals surface area contributed by atoms with Gasteiger partial charge in [0.1, 0.15) is 5.67 Å². The largest absolute Gasteiger partial charge is 0.353 e. The van der Waals surface area contributed by atoms with Gasteiger partial charge in [0.2, 0.25) is 0 Å². The predicted molar refractivity (Wildman–Crippen MR) is 44.1 cm³/mol. The number of hydrogen-bond acceptors (Lipinski definition) is 0. The van der Waals surface area contributed by atoms with E-state index in [0.29, 0.717) is 11.8 Å². The van der Waals surface area contributed by atoms with Crippen LogP contribution in [0.4, 0.5) is 4.39 Å². The fraction of sp³-hybridized carbons (Fsp3) is 1.00. The average Bonchev–Trinajstić information content (AvgIpc) is 1.75. The average molecular weight is 170 g/mol. The van der Waals surface area contributed by atoms with E-state index >= 15 is 0 Å². The van der Waals surface area contributed by atoms with Crippen molar-refractivity contribution >= 4 is 0 Å². The summed E-state index contributed by atoms with van der Waals surface area (Å²) in [5, 5.41) is 0. The molecule has 4 rings (SSSR count). The van der Waals surface area contributed by atoms with Crippen LogP contribution in [0.3, 0.4) is 0 Å². The maximum Gasteiger partial charge on any atom is 0.117 e. The van der Waals surface area contributed by atoms with Crippen molar-refractivity contribution in [2.45, 2.75) is 49.7 Å². The lowest BCUT2D eigenvalue weighted by atomic mass is 9.52. The zero-order valence-corrected chi connectivity index (χ0v) is 7.48. The minimum Gasteiger partial charge on any atom is -0.353 e. The number of hydrogen-bond donors (Lipinski definition) is 1. The molecule has 0 spiro atoms. The number of rotatable bonds is 0. The highest BCUT2D eigenvalue weighted by atomic mass is 19.1. The molecule has 0 aromatic carbocycles. The fourth-order valence-corrected chi connectivity index (χ4v) is 4.34. The Bertz CT molecular complexity index is 192. The molecule has 4 fully saturated rings. The molecule has 1 nitrogen and oxygen atoms in total. The molecular formula is C10H17FN+. The van der Waals surface area contributed by atoms with Crippen LogP contribution in [-0.4, -0.2) is 11.2 Å². The number of quaternary nitrogens is 1. The molecule has 4 atom stereocenters. The highest BCUT2D eigenvalue weighted by Crippen LogP contribution is 2.57. The third-order valence-electron chi connectivity index (χ3n) is 4.11. The molecule has 0 aromatic heterocycles. The molecule has 0 amide bonds. The van der Waals surface area contributed by atoms with Crippen LogP contribution in [0, 0.1) is 11.8 Å². The smallest absolute Gasteiger partial charge is 0.117 e. The maximum atomic E-state index is 14.1. The van der Waals surface area contributed by atoms with E-state index in [1.165, 1.54) is 19.3 Å². The molecule has 4 saturated carbocycles. The minimum absolute atomic E-state index is 0.138. The van der Waals surface area contributed by atoms with Gasteiger partial charge in [-0.25, -0.2) is 4.39 Å². The summed E-state index contributed by atoms with van der Waals surface area (Å²) in [7, 11) is 0. The van der Waals surface area contributed by atoms with Gasteiger partial charge in [-0.05, 0) is 31.1 Å². The van der Waals surface area contributed by atoms with E-state index in [1.54, 1.807) is 0 Å². The van der Waals surface area contributed by atoms with Crippen molar-refractivity contribution in [3.05, 3.63) is 0 Å². The third kappa shape index (κ3) is 0.875. The number of alkyl halides is 1. The minimum atomic E-state index is -0.800. The molecule has 2 heteroatoms. The highest BCUT2D eigenvalue weighted by molar-refractivity contribution is 5.08. The second kappa shape index (κ2) is 1.87. The van der Waals surface area contributed by atoms with Crippen LogP contribution in [-0.2, 0) is 0 Å². The first-order valence-corrected chi connectivity index (χ1v) is 5.11. The van der Waals surface area contributed by atoms with E-state index in [2.05, 4.69) is 5.73 Å². The topological polar surface area (TPSA) is 27.6 Å². The molecule has 2 unspecified atom stereocenters. The third-order valence-corrected chi connectivity index (χ3v) is 4.11. The molecule has 68 valence electrons. The zero-order valence-electron chi connectivity index (χ0n) is 7.48. The molecule has 4 aliphatic carbocycles. The van der Waals surface area contributed by atoms with Crippen molar-refractivity contribution in [3.63, 3.8) is 0 Å². The molecule has 4 bridgehead atoms. The zero-order chi connectivity index (χ0) is 8.40. The first kappa shape index (κ1) is 7.31. The second-order valence-corrected chi connectivity index (χ2v) is 5.61. The Hall–Kier alpha value is -0.110. The van der Waals surface area contributed by atoms with Crippen LogP contribution in [0.2, 0.25) is 0 Å². The van der Waals surface area contributed by atoms with Gasteiger partial charge in [0.15, 0.2) is 0 Å². The van der Waals surface area contributed by atoms with Crippen molar-refractivity contribution in [2.75, 3.05) is 0 Å². The number of halogens is 1.